The lowest BCUT2D eigenvalue weighted by atomic mass is 10.0. The van der Waals surface area contributed by atoms with E-state index in [-0.39, 0.29) is 11.4 Å². The summed E-state index contributed by atoms with van der Waals surface area (Å²) >= 11 is 0. The fraction of sp³-hybridized carbons (Fsp3) is 0.533. The molecule has 1 aromatic rings. The molecular formula is C15H19FN2. The van der Waals surface area contributed by atoms with Gasteiger partial charge in [-0.1, -0.05) is 26.0 Å². The molecule has 0 saturated carbocycles. The smallest absolute Gasteiger partial charge is 0.145 e. The highest BCUT2D eigenvalue weighted by Gasteiger charge is 2.27. The van der Waals surface area contributed by atoms with Crippen LogP contribution in [0.3, 0.4) is 0 Å². The molecule has 1 unspecified atom stereocenters. The Morgan fingerprint density at radius 3 is 2.94 bits per heavy atom. The number of hydrogen-bond acceptors (Lipinski definition) is 2. The van der Waals surface area contributed by atoms with E-state index in [1.807, 2.05) is 6.07 Å². The number of likely N-dealkylation sites (tertiary alicyclic amines) is 1. The van der Waals surface area contributed by atoms with Gasteiger partial charge in [0.1, 0.15) is 11.9 Å². The quantitative estimate of drug-likeness (QED) is 0.818. The van der Waals surface area contributed by atoms with Crippen LogP contribution in [0.1, 0.15) is 37.8 Å². The van der Waals surface area contributed by atoms with E-state index in [4.69, 9.17) is 5.26 Å². The fourth-order valence-corrected chi connectivity index (χ4v) is 2.81. The average molecular weight is 246 g/mol. The molecule has 0 amide bonds. The summed E-state index contributed by atoms with van der Waals surface area (Å²) in [4.78, 5) is 2.34. The molecule has 1 atom stereocenters. The predicted octanol–water partition coefficient (Wildman–Crippen LogP) is 3.32. The molecule has 1 aliphatic heterocycles. The van der Waals surface area contributed by atoms with Gasteiger partial charge in [-0.15, -0.1) is 0 Å². The first-order valence-electron chi connectivity index (χ1n) is 6.55. The zero-order valence-corrected chi connectivity index (χ0v) is 11.0. The van der Waals surface area contributed by atoms with Gasteiger partial charge in [0.2, 0.25) is 0 Å². The minimum Gasteiger partial charge on any atom is -0.296 e. The lowest BCUT2D eigenvalue weighted by Gasteiger charge is -2.27. The molecule has 0 N–H and O–H groups in total. The van der Waals surface area contributed by atoms with E-state index >= 15 is 0 Å². The molecule has 0 bridgehead atoms. The molecule has 2 nitrogen and oxygen atoms in total. The summed E-state index contributed by atoms with van der Waals surface area (Å²) in [5.74, 6) is 0.240. The Balaban J connectivity index is 2.17. The van der Waals surface area contributed by atoms with E-state index in [1.54, 1.807) is 12.1 Å². The number of hydrogen-bond donors (Lipinski definition) is 0. The number of rotatable bonds is 3. The number of nitriles is 1. The van der Waals surface area contributed by atoms with Crippen LogP contribution in [-0.2, 0) is 6.54 Å². The maximum absolute atomic E-state index is 14.0. The van der Waals surface area contributed by atoms with Crippen molar-refractivity contribution in [3.05, 3.63) is 35.1 Å². The second-order valence-corrected chi connectivity index (χ2v) is 5.31. The van der Waals surface area contributed by atoms with Crippen molar-refractivity contribution in [2.45, 2.75) is 39.3 Å². The molecule has 96 valence electrons. The van der Waals surface area contributed by atoms with Crippen LogP contribution >= 0.6 is 0 Å². The third kappa shape index (κ3) is 2.54. The van der Waals surface area contributed by atoms with Crippen molar-refractivity contribution in [3.63, 3.8) is 0 Å². The van der Waals surface area contributed by atoms with Crippen LogP contribution in [0.5, 0.6) is 0 Å². The summed E-state index contributed by atoms with van der Waals surface area (Å²) in [5, 5.41) is 8.84. The van der Waals surface area contributed by atoms with E-state index in [9.17, 15) is 4.39 Å². The summed E-state index contributed by atoms with van der Waals surface area (Å²) in [7, 11) is 0. The summed E-state index contributed by atoms with van der Waals surface area (Å²) in [6, 6.07) is 7.51. The average Bonchev–Trinajstić information content (AvgIpc) is 2.80. The number of halogens is 1. The van der Waals surface area contributed by atoms with Crippen molar-refractivity contribution in [2.75, 3.05) is 6.54 Å². The van der Waals surface area contributed by atoms with Crippen molar-refractivity contribution >= 4 is 0 Å². The highest BCUT2D eigenvalue weighted by atomic mass is 19.1. The Bertz CT molecular complexity index is 462. The second kappa shape index (κ2) is 5.49. The molecule has 2 rings (SSSR count). The molecule has 18 heavy (non-hydrogen) atoms. The molecule has 1 fully saturated rings. The van der Waals surface area contributed by atoms with Gasteiger partial charge in [-0.05, 0) is 31.4 Å². The normalized spacial score (nSPS) is 20.3. The van der Waals surface area contributed by atoms with Crippen LogP contribution in [-0.4, -0.2) is 17.5 Å². The highest BCUT2D eigenvalue weighted by Crippen LogP contribution is 2.26. The van der Waals surface area contributed by atoms with Crippen molar-refractivity contribution in [1.29, 1.82) is 5.26 Å². The van der Waals surface area contributed by atoms with Crippen molar-refractivity contribution in [3.8, 4) is 6.07 Å². The minimum absolute atomic E-state index is 0.146. The molecule has 0 aliphatic carbocycles. The van der Waals surface area contributed by atoms with Gasteiger partial charge in [0.15, 0.2) is 0 Å². The zero-order valence-electron chi connectivity index (χ0n) is 11.0. The molecule has 0 radical (unpaired) electrons. The van der Waals surface area contributed by atoms with Crippen LogP contribution in [0.2, 0.25) is 0 Å². The Kier molecular flexibility index (Phi) is 3.98. The Labute approximate surface area is 108 Å². The largest absolute Gasteiger partial charge is 0.296 e. The third-order valence-electron chi connectivity index (χ3n) is 3.76. The Hall–Kier alpha value is -1.40. The standard InChI is InChI=1S/C15H19FN2/c1-11(2)14-7-4-8-18(14)10-13-6-3-5-12(9-17)15(13)16/h3,5-6,11,14H,4,7-8,10H2,1-2H3. The first kappa shape index (κ1) is 13.0. The Morgan fingerprint density at radius 1 is 1.50 bits per heavy atom. The van der Waals surface area contributed by atoms with Gasteiger partial charge >= 0.3 is 0 Å². The fourth-order valence-electron chi connectivity index (χ4n) is 2.81. The summed E-state index contributed by atoms with van der Waals surface area (Å²) in [6.45, 7) is 6.07. The van der Waals surface area contributed by atoms with Crippen LogP contribution in [0.15, 0.2) is 18.2 Å². The van der Waals surface area contributed by atoms with E-state index in [1.165, 1.54) is 18.9 Å². The minimum atomic E-state index is -0.352. The van der Waals surface area contributed by atoms with E-state index in [0.29, 0.717) is 24.1 Å². The van der Waals surface area contributed by atoms with E-state index < -0.39 is 0 Å². The van der Waals surface area contributed by atoms with Gasteiger partial charge in [0, 0.05) is 18.2 Å². The van der Waals surface area contributed by atoms with Crippen molar-refractivity contribution in [2.24, 2.45) is 5.92 Å². The Morgan fingerprint density at radius 2 is 2.28 bits per heavy atom. The number of nitrogens with zero attached hydrogens (tertiary/aromatic N) is 2. The topological polar surface area (TPSA) is 27.0 Å². The molecule has 3 heteroatoms. The lowest BCUT2D eigenvalue weighted by molar-refractivity contribution is 0.196. The SMILES string of the molecule is CC(C)C1CCCN1Cc1cccc(C#N)c1F. The maximum Gasteiger partial charge on any atom is 0.145 e. The van der Waals surface area contributed by atoms with Gasteiger partial charge in [-0.3, -0.25) is 4.90 Å². The number of benzene rings is 1. The predicted molar refractivity (Wildman–Crippen MR) is 69.4 cm³/mol. The van der Waals surface area contributed by atoms with E-state index in [0.717, 1.165) is 6.54 Å². The van der Waals surface area contributed by atoms with Gasteiger partial charge in [0.05, 0.1) is 5.56 Å². The van der Waals surface area contributed by atoms with Gasteiger partial charge in [0.25, 0.3) is 0 Å². The molecule has 0 aromatic heterocycles. The first-order valence-corrected chi connectivity index (χ1v) is 6.55. The van der Waals surface area contributed by atoms with Crippen LogP contribution in [0.25, 0.3) is 0 Å². The highest BCUT2D eigenvalue weighted by molar-refractivity contribution is 5.35. The third-order valence-corrected chi connectivity index (χ3v) is 3.76. The van der Waals surface area contributed by atoms with Crippen LogP contribution < -0.4 is 0 Å². The first-order chi connectivity index (χ1) is 8.63. The lowest BCUT2D eigenvalue weighted by Crippen LogP contribution is -2.33. The zero-order chi connectivity index (χ0) is 13.1. The van der Waals surface area contributed by atoms with Gasteiger partial charge in [-0.25, -0.2) is 4.39 Å². The van der Waals surface area contributed by atoms with Crippen LogP contribution in [0.4, 0.5) is 4.39 Å². The summed E-state index contributed by atoms with van der Waals surface area (Å²) < 4.78 is 14.0. The van der Waals surface area contributed by atoms with Crippen molar-refractivity contribution in [1.82, 2.24) is 4.90 Å². The molecule has 1 aromatic carbocycles. The van der Waals surface area contributed by atoms with Gasteiger partial charge < -0.3 is 0 Å². The molecule has 1 heterocycles. The van der Waals surface area contributed by atoms with E-state index in [2.05, 4.69) is 18.7 Å². The monoisotopic (exact) mass is 246 g/mol. The summed E-state index contributed by atoms with van der Waals surface area (Å²) in [6.07, 6.45) is 2.37. The molecular weight excluding hydrogens is 227 g/mol. The molecule has 1 saturated heterocycles. The van der Waals surface area contributed by atoms with Crippen molar-refractivity contribution < 1.29 is 4.39 Å². The van der Waals surface area contributed by atoms with Crippen LogP contribution in [0, 0.1) is 23.1 Å². The van der Waals surface area contributed by atoms with Gasteiger partial charge in [-0.2, -0.15) is 5.26 Å². The second-order valence-electron chi connectivity index (χ2n) is 5.31. The molecule has 0 spiro atoms. The summed E-state index contributed by atoms with van der Waals surface area (Å²) in [5.41, 5.74) is 0.786. The maximum atomic E-state index is 14.0. The molecule has 1 aliphatic rings.